The number of carbonyl (C=O) groups excluding carboxylic acids is 1. The number of nitrogens with two attached hydrogens (primary N) is 1. The Kier molecular flexibility index (Phi) is 5.08. The van der Waals surface area contributed by atoms with Crippen LogP contribution in [0.4, 0.5) is 0 Å². The van der Waals surface area contributed by atoms with Crippen molar-refractivity contribution in [1.82, 2.24) is 0 Å². The Hall–Kier alpha value is -0.420. The highest BCUT2D eigenvalue weighted by atomic mass is 32.2. The van der Waals surface area contributed by atoms with Crippen molar-refractivity contribution < 1.29 is 13.2 Å². The predicted molar refractivity (Wildman–Crippen MR) is 47.6 cm³/mol. The summed E-state index contributed by atoms with van der Waals surface area (Å²) in [5.74, 6) is 0.153. The van der Waals surface area contributed by atoms with Gasteiger partial charge in [0.1, 0.15) is 15.6 Å². The van der Waals surface area contributed by atoms with Crippen molar-refractivity contribution in [2.45, 2.75) is 19.8 Å². The van der Waals surface area contributed by atoms with Crippen molar-refractivity contribution in [3.8, 4) is 0 Å². The molecular formula is C7H15NO3S. The van der Waals surface area contributed by atoms with Crippen molar-refractivity contribution in [3.05, 3.63) is 0 Å². The van der Waals surface area contributed by atoms with Crippen LogP contribution in [0.15, 0.2) is 0 Å². The molecule has 5 heteroatoms. The Balaban J connectivity index is 3.64. The van der Waals surface area contributed by atoms with Gasteiger partial charge in [-0.2, -0.15) is 0 Å². The van der Waals surface area contributed by atoms with Gasteiger partial charge in [-0.15, -0.1) is 0 Å². The molecule has 0 radical (unpaired) electrons. The Morgan fingerprint density at radius 2 is 2.00 bits per heavy atom. The number of carbonyl (C=O) groups is 1. The summed E-state index contributed by atoms with van der Waals surface area (Å²) in [6.45, 7) is 1.60. The Bertz CT molecular complexity index is 233. The van der Waals surface area contributed by atoms with Crippen LogP contribution >= 0.6 is 0 Å². The van der Waals surface area contributed by atoms with Gasteiger partial charge >= 0.3 is 0 Å². The van der Waals surface area contributed by atoms with Crippen LogP contribution in [0.25, 0.3) is 0 Å². The van der Waals surface area contributed by atoms with Gasteiger partial charge in [-0.3, -0.25) is 4.79 Å². The summed E-state index contributed by atoms with van der Waals surface area (Å²) in [5, 5.41) is 0. The molecule has 0 bridgehead atoms. The van der Waals surface area contributed by atoms with Crippen LogP contribution in [0.1, 0.15) is 19.8 Å². The molecule has 0 saturated carbocycles. The van der Waals surface area contributed by atoms with E-state index in [-0.39, 0.29) is 30.3 Å². The number of rotatable bonds is 6. The van der Waals surface area contributed by atoms with Crippen LogP contribution in [0.2, 0.25) is 0 Å². The summed E-state index contributed by atoms with van der Waals surface area (Å²) in [6.07, 6.45) is 0.669. The van der Waals surface area contributed by atoms with Crippen molar-refractivity contribution in [3.63, 3.8) is 0 Å². The zero-order valence-electron chi connectivity index (χ0n) is 7.25. The standard InChI is InChI=1S/C7H15NO3S/c1-2-12(10,11)5-3-4-7(9)6-8/h2-6,8H2,1H3. The van der Waals surface area contributed by atoms with Gasteiger partial charge in [-0.05, 0) is 6.42 Å². The maximum absolute atomic E-state index is 10.9. The van der Waals surface area contributed by atoms with Gasteiger partial charge in [0.15, 0.2) is 0 Å². The molecule has 0 fully saturated rings. The van der Waals surface area contributed by atoms with E-state index in [9.17, 15) is 13.2 Å². The lowest BCUT2D eigenvalue weighted by Gasteiger charge is -1.99. The van der Waals surface area contributed by atoms with Crippen molar-refractivity contribution in [2.75, 3.05) is 18.1 Å². The zero-order valence-corrected chi connectivity index (χ0v) is 8.06. The summed E-state index contributed by atoms with van der Waals surface area (Å²) >= 11 is 0. The summed E-state index contributed by atoms with van der Waals surface area (Å²) < 4.78 is 21.9. The molecule has 4 nitrogen and oxygen atoms in total. The molecule has 0 aliphatic carbocycles. The Morgan fingerprint density at radius 3 is 2.42 bits per heavy atom. The highest BCUT2D eigenvalue weighted by Gasteiger charge is 2.07. The molecule has 0 unspecified atom stereocenters. The quantitative estimate of drug-likeness (QED) is 0.630. The monoisotopic (exact) mass is 193 g/mol. The van der Waals surface area contributed by atoms with E-state index in [1.807, 2.05) is 0 Å². The first kappa shape index (κ1) is 11.6. The van der Waals surface area contributed by atoms with Gasteiger partial charge in [0.2, 0.25) is 0 Å². The van der Waals surface area contributed by atoms with Crippen molar-refractivity contribution in [2.24, 2.45) is 5.73 Å². The zero-order chi connectivity index (χ0) is 9.61. The second kappa shape index (κ2) is 5.27. The first-order chi connectivity index (χ1) is 5.52. The fourth-order valence-electron chi connectivity index (χ4n) is 0.736. The van der Waals surface area contributed by atoms with Crippen LogP contribution in [0, 0.1) is 0 Å². The second-order valence-electron chi connectivity index (χ2n) is 2.58. The van der Waals surface area contributed by atoms with Crippen LogP contribution < -0.4 is 5.73 Å². The summed E-state index contributed by atoms with van der Waals surface area (Å²) in [7, 11) is -2.92. The average molecular weight is 193 g/mol. The predicted octanol–water partition coefficient (Wildman–Crippen LogP) is -0.271. The van der Waals surface area contributed by atoms with E-state index in [4.69, 9.17) is 5.73 Å². The third-order valence-electron chi connectivity index (χ3n) is 1.58. The molecule has 72 valence electrons. The molecule has 0 aliphatic rings. The molecule has 0 aromatic carbocycles. The SMILES string of the molecule is CCS(=O)(=O)CCCC(=O)CN. The fraction of sp³-hybridized carbons (Fsp3) is 0.857. The molecule has 0 aromatic heterocycles. The maximum Gasteiger partial charge on any atom is 0.150 e. The van der Waals surface area contributed by atoms with E-state index < -0.39 is 9.84 Å². The molecule has 12 heavy (non-hydrogen) atoms. The molecule has 0 amide bonds. The molecule has 0 atom stereocenters. The maximum atomic E-state index is 10.9. The largest absolute Gasteiger partial charge is 0.324 e. The second-order valence-corrected chi connectivity index (χ2v) is 5.06. The number of Topliss-reactive ketones (excluding diaryl/α,β-unsaturated/α-hetero) is 1. The Morgan fingerprint density at radius 1 is 1.42 bits per heavy atom. The molecule has 0 saturated heterocycles. The number of hydrogen-bond donors (Lipinski definition) is 1. The molecule has 0 spiro atoms. The van der Waals surface area contributed by atoms with E-state index in [1.165, 1.54) is 0 Å². The summed E-state index contributed by atoms with van der Waals surface area (Å²) in [6, 6.07) is 0. The van der Waals surface area contributed by atoms with Crippen LogP contribution in [-0.4, -0.2) is 32.3 Å². The van der Waals surface area contributed by atoms with Crippen LogP contribution in [0.3, 0.4) is 0 Å². The van der Waals surface area contributed by atoms with Gasteiger partial charge in [-0.25, -0.2) is 8.42 Å². The molecule has 0 rings (SSSR count). The number of sulfone groups is 1. The van der Waals surface area contributed by atoms with Gasteiger partial charge in [0, 0.05) is 12.2 Å². The van der Waals surface area contributed by atoms with E-state index in [2.05, 4.69) is 0 Å². The van der Waals surface area contributed by atoms with Gasteiger partial charge in [0.05, 0.1) is 12.3 Å². The van der Waals surface area contributed by atoms with Crippen LogP contribution in [-0.2, 0) is 14.6 Å². The van der Waals surface area contributed by atoms with E-state index >= 15 is 0 Å². The smallest absolute Gasteiger partial charge is 0.150 e. The lowest BCUT2D eigenvalue weighted by atomic mass is 10.2. The van der Waals surface area contributed by atoms with Gasteiger partial charge in [0.25, 0.3) is 0 Å². The third-order valence-corrected chi connectivity index (χ3v) is 3.37. The molecular weight excluding hydrogens is 178 g/mol. The normalized spacial score (nSPS) is 11.5. The van der Waals surface area contributed by atoms with Gasteiger partial charge in [-0.1, -0.05) is 6.92 Å². The van der Waals surface area contributed by atoms with E-state index in [1.54, 1.807) is 6.92 Å². The molecule has 0 aliphatic heterocycles. The van der Waals surface area contributed by atoms with Crippen molar-refractivity contribution >= 4 is 15.6 Å². The molecule has 0 heterocycles. The first-order valence-electron chi connectivity index (χ1n) is 3.94. The minimum atomic E-state index is -2.92. The third kappa shape index (κ3) is 5.26. The molecule has 0 aromatic rings. The average Bonchev–Trinajstić information content (AvgIpc) is 2.04. The van der Waals surface area contributed by atoms with Crippen molar-refractivity contribution in [1.29, 1.82) is 0 Å². The highest BCUT2D eigenvalue weighted by Crippen LogP contribution is 1.97. The fourth-order valence-corrected chi connectivity index (χ4v) is 1.61. The lowest BCUT2D eigenvalue weighted by molar-refractivity contribution is -0.117. The van der Waals surface area contributed by atoms with E-state index in [0.717, 1.165) is 0 Å². The highest BCUT2D eigenvalue weighted by molar-refractivity contribution is 7.91. The number of hydrogen-bond acceptors (Lipinski definition) is 4. The van der Waals surface area contributed by atoms with E-state index in [0.29, 0.717) is 6.42 Å². The lowest BCUT2D eigenvalue weighted by Crippen LogP contribution is -2.15. The van der Waals surface area contributed by atoms with Gasteiger partial charge < -0.3 is 5.73 Å². The summed E-state index contributed by atoms with van der Waals surface area (Å²) in [5.41, 5.74) is 5.06. The minimum Gasteiger partial charge on any atom is -0.324 e. The minimum absolute atomic E-state index is 0.00612. The number of ketones is 1. The van der Waals surface area contributed by atoms with Crippen LogP contribution in [0.5, 0.6) is 0 Å². The Labute approximate surface area is 73.1 Å². The first-order valence-corrected chi connectivity index (χ1v) is 5.76. The molecule has 2 N–H and O–H groups in total. The topological polar surface area (TPSA) is 77.2 Å². The summed E-state index contributed by atoms with van der Waals surface area (Å²) in [4.78, 5) is 10.7.